The Morgan fingerprint density at radius 3 is 2.30 bits per heavy atom. The summed E-state index contributed by atoms with van der Waals surface area (Å²) < 4.78 is 26.2. The van der Waals surface area contributed by atoms with Gasteiger partial charge in [0.25, 0.3) is 0 Å². The van der Waals surface area contributed by atoms with Crippen molar-refractivity contribution in [2.45, 2.75) is 39.5 Å². The molecule has 144 valence electrons. The Bertz CT molecular complexity index is 844. The maximum Gasteiger partial charge on any atom is 0.226 e. The lowest BCUT2D eigenvalue weighted by atomic mass is 9.85. The van der Waals surface area contributed by atoms with Gasteiger partial charge < -0.3 is 10.2 Å². The van der Waals surface area contributed by atoms with Crippen LogP contribution in [0.1, 0.15) is 39.7 Å². The monoisotopic (exact) mass is 374 g/mol. The fourth-order valence-electron chi connectivity index (χ4n) is 2.80. The summed E-state index contributed by atoms with van der Waals surface area (Å²) in [6.07, 6.45) is 0.0249. The summed E-state index contributed by atoms with van der Waals surface area (Å²) in [5.41, 5.74) is 1.76. The van der Waals surface area contributed by atoms with E-state index in [0.717, 1.165) is 23.4 Å². The Kier molecular flexibility index (Phi) is 6.31. The Morgan fingerprint density at radius 2 is 1.70 bits per heavy atom. The fraction of sp³-hybridized carbons (Fsp3) is 0.333. The van der Waals surface area contributed by atoms with E-state index in [0.29, 0.717) is 0 Å². The van der Waals surface area contributed by atoms with E-state index in [2.05, 4.69) is 26.1 Å². The van der Waals surface area contributed by atoms with Crippen molar-refractivity contribution in [2.24, 2.45) is 0 Å². The van der Waals surface area contributed by atoms with E-state index in [1.165, 1.54) is 13.0 Å². The molecule has 1 N–H and O–H groups in total. The van der Waals surface area contributed by atoms with Gasteiger partial charge in [-0.3, -0.25) is 9.59 Å². The first-order valence-corrected chi connectivity index (χ1v) is 8.72. The average molecular weight is 374 g/mol. The number of carbonyl (C=O) groups is 2. The number of halogens is 2. The number of carbonyl (C=O) groups excluding carboxylic acids is 2. The van der Waals surface area contributed by atoms with Gasteiger partial charge in [-0.15, -0.1) is 0 Å². The smallest absolute Gasteiger partial charge is 0.226 e. The maximum atomic E-state index is 13.2. The van der Waals surface area contributed by atoms with Crippen LogP contribution < -0.4 is 10.2 Å². The van der Waals surface area contributed by atoms with Gasteiger partial charge in [0.2, 0.25) is 11.8 Å². The zero-order valence-corrected chi connectivity index (χ0v) is 16.0. The highest BCUT2D eigenvalue weighted by Crippen LogP contribution is 2.32. The van der Waals surface area contributed by atoms with Crippen molar-refractivity contribution in [1.29, 1.82) is 0 Å². The van der Waals surface area contributed by atoms with Crippen LogP contribution in [0.15, 0.2) is 42.5 Å². The zero-order valence-electron chi connectivity index (χ0n) is 16.0. The average Bonchev–Trinajstić information content (AvgIpc) is 2.57. The van der Waals surface area contributed by atoms with Gasteiger partial charge in [0.1, 0.15) is 0 Å². The predicted octanol–water partition coefficient (Wildman–Crippen LogP) is 4.64. The number of rotatable bonds is 5. The van der Waals surface area contributed by atoms with E-state index in [9.17, 15) is 18.4 Å². The van der Waals surface area contributed by atoms with Crippen LogP contribution in [-0.2, 0) is 15.0 Å². The first-order chi connectivity index (χ1) is 12.6. The summed E-state index contributed by atoms with van der Waals surface area (Å²) in [7, 11) is 0. The van der Waals surface area contributed by atoms with Crippen molar-refractivity contribution >= 4 is 23.2 Å². The molecule has 0 aromatic heterocycles. The summed E-state index contributed by atoms with van der Waals surface area (Å²) in [4.78, 5) is 25.9. The zero-order chi connectivity index (χ0) is 20.2. The molecule has 6 heteroatoms. The summed E-state index contributed by atoms with van der Waals surface area (Å²) in [6.45, 7) is 7.80. The molecule has 0 fully saturated rings. The Hall–Kier alpha value is -2.76. The van der Waals surface area contributed by atoms with E-state index in [1.807, 2.05) is 24.3 Å². The van der Waals surface area contributed by atoms with Crippen molar-refractivity contribution in [3.63, 3.8) is 0 Å². The topological polar surface area (TPSA) is 49.4 Å². The number of nitrogens with zero attached hydrogens (tertiary/aromatic N) is 1. The second-order valence-electron chi connectivity index (χ2n) is 7.36. The van der Waals surface area contributed by atoms with Crippen LogP contribution in [0.25, 0.3) is 0 Å². The molecule has 2 rings (SSSR count). The highest BCUT2D eigenvalue weighted by molar-refractivity contribution is 5.95. The lowest BCUT2D eigenvalue weighted by molar-refractivity contribution is -0.117. The summed E-state index contributed by atoms with van der Waals surface area (Å²) >= 11 is 0. The quantitative estimate of drug-likeness (QED) is 0.829. The normalized spacial score (nSPS) is 11.2. The lowest BCUT2D eigenvalue weighted by Crippen LogP contribution is -2.34. The lowest BCUT2D eigenvalue weighted by Gasteiger charge is -2.29. The van der Waals surface area contributed by atoms with Gasteiger partial charge in [-0.05, 0) is 29.2 Å². The minimum Gasteiger partial charge on any atom is -0.326 e. The molecule has 0 aliphatic carbocycles. The SMILES string of the molecule is CC(=O)N(CCC(=O)Nc1ccc(F)c(F)c1)c1ccccc1C(C)(C)C. The molecule has 0 aliphatic rings. The van der Waals surface area contributed by atoms with Crippen LogP contribution in [-0.4, -0.2) is 18.4 Å². The third kappa shape index (κ3) is 5.36. The first-order valence-electron chi connectivity index (χ1n) is 8.72. The molecule has 2 amide bonds. The third-order valence-corrected chi connectivity index (χ3v) is 4.15. The van der Waals surface area contributed by atoms with E-state index in [1.54, 1.807) is 4.90 Å². The van der Waals surface area contributed by atoms with Crippen LogP contribution in [0, 0.1) is 11.6 Å². The van der Waals surface area contributed by atoms with Crippen LogP contribution in [0.2, 0.25) is 0 Å². The van der Waals surface area contributed by atoms with Gasteiger partial charge in [0.05, 0.1) is 0 Å². The molecule has 27 heavy (non-hydrogen) atoms. The van der Waals surface area contributed by atoms with E-state index in [-0.39, 0.29) is 35.9 Å². The van der Waals surface area contributed by atoms with E-state index >= 15 is 0 Å². The van der Waals surface area contributed by atoms with Gasteiger partial charge in [-0.25, -0.2) is 8.78 Å². The Balaban J connectivity index is 2.12. The van der Waals surface area contributed by atoms with Gasteiger partial charge in [0.15, 0.2) is 11.6 Å². The predicted molar refractivity (Wildman–Crippen MR) is 103 cm³/mol. The minimum atomic E-state index is -1.03. The molecular formula is C21H24F2N2O2. The van der Waals surface area contributed by atoms with Crippen molar-refractivity contribution in [3.05, 3.63) is 59.7 Å². The largest absolute Gasteiger partial charge is 0.326 e. The number of hydrogen-bond donors (Lipinski definition) is 1. The molecule has 4 nitrogen and oxygen atoms in total. The molecule has 0 atom stereocenters. The van der Waals surface area contributed by atoms with Crippen LogP contribution in [0.4, 0.5) is 20.2 Å². The number of amides is 2. The second kappa shape index (κ2) is 8.29. The molecular weight excluding hydrogens is 350 g/mol. The summed E-state index contributed by atoms with van der Waals surface area (Å²) in [6, 6.07) is 10.7. The molecule has 2 aromatic carbocycles. The Morgan fingerprint density at radius 1 is 1.04 bits per heavy atom. The molecule has 0 spiro atoms. The van der Waals surface area contributed by atoms with Crippen molar-refractivity contribution in [2.75, 3.05) is 16.8 Å². The van der Waals surface area contributed by atoms with Gasteiger partial charge in [0, 0.05) is 37.3 Å². The molecule has 2 aromatic rings. The van der Waals surface area contributed by atoms with Crippen LogP contribution in [0.3, 0.4) is 0 Å². The standard InChI is InChI=1S/C21H24F2N2O2/c1-14(26)25(19-8-6-5-7-16(19)21(2,3)4)12-11-20(27)24-15-9-10-17(22)18(23)13-15/h5-10,13H,11-12H2,1-4H3,(H,24,27). The van der Waals surface area contributed by atoms with E-state index in [4.69, 9.17) is 0 Å². The summed E-state index contributed by atoms with van der Waals surface area (Å²) in [5.74, 6) is -2.57. The molecule has 0 saturated carbocycles. The molecule has 0 saturated heterocycles. The highest BCUT2D eigenvalue weighted by Gasteiger charge is 2.23. The van der Waals surface area contributed by atoms with Crippen LogP contribution in [0.5, 0.6) is 0 Å². The van der Waals surface area contributed by atoms with Gasteiger partial charge >= 0.3 is 0 Å². The van der Waals surface area contributed by atoms with Crippen LogP contribution >= 0.6 is 0 Å². The fourth-order valence-corrected chi connectivity index (χ4v) is 2.80. The van der Waals surface area contributed by atoms with Crippen molar-refractivity contribution < 1.29 is 18.4 Å². The first kappa shape index (κ1) is 20.6. The number of anilines is 2. The third-order valence-electron chi connectivity index (χ3n) is 4.15. The molecule has 0 bridgehead atoms. The Labute approximate surface area is 158 Å². The maximum absolute atomic E-state index is 13.2. The number of nitrogens with one attached hydrogen (secondary N) is 1. The number of hydrogen-bond acceptors (Lipinski definition) is 2. The second-order valence-corrected chi connectivity index (χ2v) is 7.36. The molecule has 0 heterocycles. The number of benzene rings is 2. The molecule has 0 unspecified atom stereocenters. The van der Waals surface area contributed by atoms with Crippen molar-refractivity contribution in [1.82, 2.24) is 0 Å². The number of para-hydroxylation sites is 1. The minimum absolute atomic E-state index is 0.0249. The molecule has 0 radical (unpaired) electrons. The van der Waals surface area contributed by atoms with E-state index < -0.39 is 11.6 Å². The van der Waals surface area contributed by atoms with Gasteiger partial charge in [-0.2, -0.15) is 0 Å². The summed E-state index contributed by atoms with van der Waals surface area (Å²) in [5, 5.41) is 2.52. The molecule has 0 aliphatic heterocycles. The highest BCUT2D eigenvalue weighted by atomic mass is 19.2. The van der Waals surface area contributed by atoms with Gasteiger partial charge in [-0.1, -0.05) is 39.0 Å². The van der Waals surface area contributed by atoms with Crippen molar-refractivity contribution in [3.8, 4) is 0 Å².